The van der Waals surface area contributed by atoms with E-state index in [-0.39, 0.29) is 5.91 Å². The summed E-state index contributed by atoms with van der Waals surface area (Å²) in [5.41, 5.74) is 6.69. The number of rotatable bonds is 5. The summed E-state index contributed by atoms with van der Waals surface area (Å²) >= 11 is 0. The molecule has 1 saturated carbocycles. The standard InChI is InChI=1S/C16H22N6O/c17-14(8-12-4-2-1-3-5-12)16(23)21-13-6-7-15(19-9-13)22-11-18-10-20-22/h6-7,9-12,14H,1-5,8,17H2,(H,21,23). The first-order valence-corrected chi connectivity index (χ1v) is 8.10. The van der Waals surface area contributed by atoms with Gasteiger partial charge in [-0.1, -0.05) is 32.1 Å². The second-order valence-corrected chi connectivity index (χ2v) is 6.08. The van der Waals surface area contributed by atoms with E-state index >= 15 is 0 Å². The molecule has 2 aromatic heterocycles. The van der Waals surface area contributed by atoms with Crippen LogP contribution in [-0.2, 0) is 4.79 Å². The van der Waals surface area contributed by atoms with E-state index in [0.717, 1.165) is 6.42 Å². The van der Waals surface area contributed by atoms with Crippen LogP contribution < -0.4 is 11.1 Å². The summed E-state index contributed by atoms with van der Waals surface area (Å²) in [6, 6.07) is 3.10. The molecule has 0 saturated heterocycles. The number of pyridine rings is 1. The van der Waals surface area contributed by atoms with Crippen molar-refractivity contribution >= 4 is 11.6 Å². The lowest BCUT2D eigenvalue weighted by Gasteiger charge is -2.24. The normalized spacial score (nSPS) is 16.9. The number of nitrogens with two attached hydrogens (primary N) is 1. The quantitative estimate of drug-likeness (QED) is 0.878. The number of nitrogens with zero attached hydrogens (tertiary/aromatic N) is 4. The fraction of sp³-hybridized carbons (Fsp3) is 0.500. The van der Waals surface area contributed by atoms with Crippen molar-refractivity contribution in [3.05, 3.63) is 31.0 Å². The van der Waals surface area contributed by atoms with E-state index < -0.39 is 6.04 Å². The summed E-state index contributed by atoms with van der Waals surface area (Å²) in [7, 11) is 0. The lowest BCUT2D eigenvalue weighted by molar-refractivity contribution is -0.117. The Kier molecular flexibility index (Phi) is 4.97. The summed E-state index contributed by atoms with van der Waals surface area (Å²) < 4.78 is 1.56. The highest BCUT2D eigenvalue weighted by atomic mass is 16.2. The topological polar surface area (TPSA) is 98.7 Å². The van der Waals surface area contributed by atoms with Crippen molar-refractivity contribution in [1.29, 1.82) is 0 Å². The fourth-order valence-electron chi connectivity index (χ4n) is 3.05. The molecule has 1 aliphatic rings. The zero-order valence-electron chi connectivity index (χ0n) is 13.1. The van der Waals surface area contributed by atoms with E-state index in [2.05, 4.69) is 20.4 Å². The van der Waals surface area contributed by atoms with Gasteiger partial charge in [-0.15, -0.1) is 0 Å². The molecule has 1 fully saturated rings. The van der Waals surface area contributed by atoms with Gasteiger partial charge < -0.3 is 11.1 Å². The molecule has 1 amide bonds. The minimum atomic E-state index is -0.465. The fourth-order valence-corrected chi connectivity index (χ4v) is 3.05. The van der Waals surface area contributed by atoms with Crippen molar-refractivity contribution in [3.8, 4) is 5.82 Å². The molecule has 1 unspecified atom stereocenters. The maximum Gasteiger partial charge on any atom is 0.241 e. The molecule has 7 nitrogen and oxygen atoms in total. The Bertz CT molecular complexity index is 619. The predicted molar refractivity (Wildman–Crippen MR) is 87.0 cm³/mol. The van der Waals surface area contributed by atoms with Gasteiger partial charge in [-0.05, 0) is 24.5 Å². The Balaban J connectivity index is 1.54. The third-order valence-electron chi connectivity index (χ3n) is 4.32. The molecular weight excluding hydrogens is 292 g/mol. The molecular formula is C16H22N6O. The van der Waals surface area contributed by atoms with Crippen molar-refractivity contribution in [1.82, 2.24) is 19.7 Å². The van der Waals surface area contributed by atoms with Crippen LogP contribution in [0.1, 0.15) is 38.5 Å². The van der Waals surface area contributed by atoms with Crippen LogP contribution in [0.15, 0.2) is 31.0 Å². The van der Waals surface area contributed by atoms with E-state index in [0.29, 0.717) is 17.4 Å². The van der Waals surface area contributed by atoms with Crippen LogP contribution >= 0.6 is 0 Å². The Hall–Kier alpha value is -2.28. The van der Waals surface area contributed by atoms with Crippen LogP contribution in [0.4, 0.5) is 5.69 Å². The number of amides is 1. The number of carbonyl (C=O) groups is 1. The first-order valence-electron chi connectivity index (χ1n) is 8.10. The molecule has 122 valence electrons. The van der Waals surface area contributed by atoms with E-state index in [1.165, 1.54) is 38.4 Å². The SMILES string of the molecule is NC(CC1CCCCC1)C(=O)Nc1ccc(-n2cncn2)nc1. The van der Waals surface area contributed by atoms with Gasteiger partial charge in [0.2, 0.25) is 5.91 Å². The van der Waals surface area contributed by atoms with Crippen LogP contribution in [0, 0.1) is 5.92 Å². The number of nitrogens with one attached hydrogen (secondary N) is 1. The first kappa shape index (κ1) is 15.6. The summed E-state index contributed by atoms with van der Waals surface area (Å²) in [5.74, 6) is 1.08. The molecule has 3 N–H and O–H groups in total. The number of hydrogen-bond acceptors (Lipinski definition) is 5. The number of aromatic nitrogens is 4. The molecule has 0 radical (unpaired) electrons. The Morgan fingerprint density at radius 3 is 2.83 bits per heavy atom. The van der Waals surface area contributed by atoms with Crippen LogP contribution in [0.5, 0.6) is 0 Å². The molecule has 0 bridgehead atoms. The molecule has 23 heavy (non-hydrogen) atoms. The van der Waals surface area contributed by atoms with Gasteiger partial charge >= 0.3 is 0 Å². The lowest BCUT2D eigenvalue weighted by atomic mass is 9.85. The molecule has 1 aliphatic carbocycles. The zero-order valence-corrected chi connectivity index (χ0v) is 13.1. The monoisotopic (exact) mass is 314 g/mol. The maximum absolute atomic E-state index is 12.2. The van der Waals surface area contributed by atoms with Crippen molar-refractivity contribution in [2.24, 2.45) is 11.7 Å². The van der Waals surface area contributed by atoms with Crippen molar-refractivity contribution in [2.75, 3.05) is 5.32 Å². The van der Waals surface area contributed by atoms with Crippen molar-refractivity contribution < 1.29 is 4.79 Å². The highest BCUT2D eigenvalue weighted by Gasteiger charge is 2.21. The molecule has 2 heterocycles. The van der Waals surface area contributed by atoms with Crippen LogP contribution in [0.3, 0.4) is 0 Å². The van der Waals surface area contributed by atoms with E-state index in [4.69, 9.17) is 5.73 Å². The molecule has 0 aromatic carbocycles. The number of anilines is 1. The zero-order chi connectivity index (χ0) is 16.1. The van der Waals surface area contributed by atoms with Crippen molar-refractivity contribution in [3.63, 3.8) is 0 Å². The van der Waals surface area contributed by atoms with E-state index in [9.17, 15) is 4.79 Å². The summed E-state index contributed by atoms with van der Waals surface area (Å²) in [6.07, 6.45) is 11.6. The summed E-state index contributed by atoms with van der Waals surface area (Å²) in [5, 5.41) is 6.84. The van der Waals surface area contributed by atoms with Crippen LogP contribution in [0.2, 0.25) is 0 Å². The van der Waals surface area contributed by atoms with Gasteiger partial charge in [0.1, 0.15) is 12.7 Å². The minimum Gasteiger partial charge on any atom is -0.323 e. The third-order valence-corrected chi connectivity index (χ3v) is 4.32. The van der Waals surface area contributed by atoms with Gasteiger partial charge in [-0.3, -0.25) is 4.79 Å². The lowest BCUT2D eigenvalue weighted by Crippen LogP contribution is -2.37. The Morgan fingerprint density at radius 2 is 2.17 bits per heavy atom. The largest absolute Gasteiger partial charge is 0.323 e. The third kappa shape index (κ3) is 4.13. The molecule has 2 aromatic rings. The predicted octanol–water partition coefficient (Wildman–Crippen LogP) is 1.90. The average molecular weight is 314 g/mol. The highest BCUT2D eigenvalue weighted by molar-refractivity contribution is 5.94. The van der Waals surface area contributed by atoms with Gasteiger partial charge in [0.25, 0.3) is 0 Å². The number of carbonyl (C=O) groups excluding carboxylic acids is 1. The van der Waals surface area contributed by atoms with Gasteiger partial charge in [0.15, 0.2) is 5.82 Å². The number of hydrogen-bond donors (Lipinski definition) is 2. The first-order chi connectivity index (χ1) is 11.2. The molecule has 0 spiro atoms. The van der Waals surface area contributed by atoms with Gasteiger partial charge in [-0.2, -0.15) is 5.10 Å². The molecule has 1 atom stereocenters. The van der Waals surface area contributed by atoms with E-state index in [1.54, 1.807) is 29.3 Å². The Labute approximate surface area is 135 Å². The van der Waals surface area contributed by atoms with Gasteiger partial charge in [0, 0.05) is 0 Å². The van der Waals surface area contributed by atoms with Gasteiger partial charge in [-0.25, -0.2) is 14.6 Å². The molecule has 3 rings (SSSR count). The van der Waals surface area contributed by atoms with Crippen molar-refractivity contribution in [2.45, 2.75) is 44.6 Å². The van der Waals surface area contributed by atoms with Gasteiger partial charge in [0.05, 0.1) is 17.9 Å². The summed E-state index contributed by atoms with van der Waals surface area (Å²) in [6.45, 7) is 0. The second kappa shape index (κ2) is 7.32. The highest BCUT2D eigenvalue weighted by Crippen LogP contribution is 2.27. The van der Waals surface area contributed by atoms with Crippen LogP contribution in [-0.4, -0.2) is 31.7 Å². The smallest absolute Gasteiger partial charge is 0.241 e. The minimum absolute atomic E-state index is 0.147. The second-order valence-electron chi connectivity index (χ2n) is 6.08. The molecule has 7 heteroatoms. The summed E-state index contributed by atoms with van der Waals surface area (Å²) in [4.78, 5) is 20.3. The van der Waals surface area contributed by atoms with Crippen LogP contribution in [0.25, 0.3) is 5.82 Å². The average Bonchev–Trinajstić information content (AvgIpc) is 3.11. The Morgan fingerprint density at radius 1 is 1.35 bits per heavy atom. The molecule has 0 aliphatic heterocycles. The maximum atomic E-state index is 12.2. The van der Waals surface area contributed by atoms with E-state index in [1.807, 2.05) is 0 Å².